The Labute approximate surface area is 135 Å². The van der Waals surface area contributed by atoms with Gasteiger partial charge >= 0.3 is 0 Å². The van der Waals surface area contributed by atoms with Gasteiger partial charge in [0.05, 0.1) is 13.7 Å². The Morgan fingerprint density at radius 1 is 1.19 bits per heavy atom. The summed E-state index contributed by atoms with van der Waals surface area (Å²) in [6, 6.07) is 7.76. The van der Waals surface area contributed by atoms with Crippen molar-refractivity contribution in [1.29, 1.82) is 0 Å². The van der Waals surface area contributed by atoms with E-state index in [1.165, 1.54) is 0 Å². The lowest BCUT2D eigenvalue weighted by atomic mass is 10.1. The fourth-order valence-corrected chi connectivity index (χ4v) is 2.34. The van der Waals surface area contributed by atoms with E-state index >= 15 is 0 Å². The third kappa shape index (κ3) is 5.38. The van der Waals surface area contributed by atoms with Crippen LogP contribution in [-0.4, -0.2) is 17.9 Å². The van der Waals surface area contributed by atoms with Crippen LogP contribution in [0.15, 0.2) is 46.1 Å². The molecule has 0 aliphatic rings. The molecule has 1 aromatic carbocycles. The summed E-state index contributed by atoms with van der Waals surface area (Å²) in [5.41, 5.74) is 3.09. The average Bonchev–Trinajstić information content (AvgIpc) is 2.43. The van der Waals surface area contributed by atoms with Gasteiger partial charge in [0.2, 0.25) is 5.91 Å². The maximum atomic E-state index is 11.9. The number of hydrogen-bond acceptors (Lipinski definition) is 2. The normalized spacial score (nSPS) is 12.8. The molecule has 0 saturated carbocycles. The summed E-state index contributed by atoms with van der Waals surface area (Å²) in [7, 11) is 1.64. The Morgan fingerprint density at radius 2 is 1.76 bits per heavy atom. The minimum absolute atomic E-state index is 0.0308. The third-order valence-corrected chi connectivity index (χ3v) is 3.50. The lowest BCUT2D eigenvalue weighted by Crippen LogP contribution is -2.27. The van der Waals surface area contributed by atoms with Crippen LogP contribution in [0.3, 0.4) is 0 Å². The first-order chi connectivity index (χ1) is 9.85. The molecule has 0 aliphatic heterocycles. The highest BCUT2D eigenvalue weighted by Gasteiger charge is 2.13. The van der Waals surface area contributed by atoms with Gasteiger partial charge in [-0.25, -0.2) is 0 Å². The average molecular weight is 352 g/mol. The second-order valence-electron chi connectivity index (χ2n) is 4.95. The first-order valence-corrected chi connectivity index (χ1v) is 7.56. The molecule has 0 atom stereocenters. The summed E-state index contributed by atoms with van der Waals surface area (Å²) in [5, 5.41) is 0. The van der Waals surface area contributed by atoms with E-state index in [-0.39, 0.29) is 5.91 Å². The Bertz CT molecular complexity index is 555. The highest BCUT2D eigenvalue weighted by molar-refractivity contribution is 9.11. The van der Waals surface area contributed by atoms with E-state index in [9.17, 15) is 4.79 Å². The maximum Gasteiger partial charge on any atom is 0.223 e. The zero-order valence-electron chi connectivity index (χ0n) is 13.2. The fourth-order valence-electron chi connectivity index (χ4n) is 2.00. The minimum atomic E-state index is 0.0308. The number of allylic oxidation sites excluding steroid dienone is 4. The molecule has 0 N–H and O–H groups in total. The molecule has 0 aromatic heterocycles. The molecular weight excluding hydrogens is 330 g/mol. The summed E-state index contributed by atoms with van der Waals surface area (Å²) in [6.07, 6.45) is 2.01. The van der Waals surface area contributed by atoms with Crippen molar-refractivity contribution in [3.63, 3.8) is 0 Å². The van der Waals surface area contributed by atoms with Gasteiger partial charge in [-0.3, -0.25) is 4.79 Å². The Morgan fingerprint density at radius 3 is 2.19 bits per heavy atom. The van der Waals surface area contributed by atoms with E-state index in [4.69, 9.17) is 4.74 Å². The van der Waals surface area contributed by atoms with Crippen molar-refractivity contribution in [3.8, 4) is 5.75 Å². The van der Waals surface area contributed by atoms with Crippen LogP contribution >= 0.6 is 15.9 Å². The van der Waals surface area contributed by atoms with E-state index in [0.29, 0.717) is 6.54 Å². The molecule has 1 amide bonds. The van der Waals surface area contributed by atoms with Crippen molar-refractivity contribution in [3.05, 3.63) is 51.7 Å². The molecule has 0 bridgehead atoms. The number of nitrogens with zero attached hydrogens (tertiary/aromatic N) is 1. The van der Waals surface area contributed by atoms with Gasteiger partial charge in [-0.05, 0) is 54.6 Å². The van der Waals surface area contributed by atoms with E-state index in [2.05, 4.69) is 15.9 Å². The highest BCUT2D eigenvalue weighted by Crippen LogP contribution is 2.19. The molecule has 0 heterocycles. The summed E-state index contributed by atoms with van der Waals surface area (Å²) < 4.78 is 6.18. The number of halogens is 1. The zero-order chi connectivity index (χ0) is 16.0. The molecule has 114 valence electrons. The van der Waals surface area contributed by atoms with E-state index in [1.54, 1.807) is 18.9 Å². The summed E-state index contributed by atoms with van der Waals surface area (Å²) in [4.78, 5) is 13.7. The molecule has 1 aromatic rings. The van der Waals surface area contributed by atoms with Gasteiger partial charge in [-0.1, -0.05) is 28.1 Å². The molecule has 0 fully saturated rings. The van der Waals surface area contributed by atoms with Gasteiger partial charge in [0.15, 0.2) is 0 Å². The number of carbonyl (C=O) groups excluding carboxylic acids is 1. The lowest BCUT2D eigenvalue weighted by Gasteiger charge is -2.23. The third-order valence-electron chi connectivity index (χ3n) is 3.27. The van der Waals surface area contributed by atoms with Crippen LogP contribution in [0.5, 0.6) is 5.75 Å². The summed E-state index contributed by atoms with van der Waals surface area (Å²) >= 11 is 3.42. The number of hydrogen-bond donors (Lipinski definition) is 0. The zero-order valence-corrected chi connectivity index (χ0v) is 14.8. The van der Waals surface area contributed by atoms with Crippen molar-refractivity contribution in [2.24, 2.45) is 0 Å². The molecule has 0 aliphatic carbocycles. The number of ether oxygens (including phenoxy) is 1. The van der Waals surface area contributed by atoms with Gasteiger partial charge < -0.3 is 9.64 Å². The van der Waals surface area contributed by atoms with Crippen LogP contribution in [-0.2, 0) is 11.3 Å². The van der Waals surface area contributed by atoms with Crippen LogP contribution in [0.2, 0.25) is 0 Å². The van der Waals surface area contributed by atoms with E-state index in [1.807, 2.05) is 51.1 Å². The van der Waals surface area contributed by atoms with Gasteiger partial charge in [-0.2, -0.15) is 0 Å². The summed E-state index contributed by atoms with van der Waals surface area (Å²) in [6.45, 7) is 8.08. The van der Waals surface area contributed by atoms with Crippen molar-refractivity contribution in [2.45, 2.75) is 34.2 Å². The standard InChI is InChI=1S/C17H22BrNO2/c1-12(10-13(2)18)14(3)19(15(4)20)11-16-6-8-17(21-5)9-7-16/h6-10H,11H2,1-5H3/b13-10+,14-12+. The molecule has 0 radical (unpaired) electrons. The molecule has 1 rings (SSSR count). The minimum Gasteiger partial charge on any atom is -0.497 e. The molecular formula is C17H22BrNO2. The fraction of sp³-hybridized carbons (Fsp3) is 0.353. The van der Waals surface area contributed by atoms with Gasteiger partial charge in [0.1, 0.15) is 5.75 Å². The van der Waals surface area contributed by atoms with Crippen LogP contribution in [0.25, 0.3) is 0 Å². The molecule has 0 saturated heterocycles. The van der Waals surface area contributed by atoms with Gasteiger partial charge in [-0.15, -0.1) is 0 Å². The lowest BCUT2D eigenvalue weighted by molar-refractivity contribution is -0.127. The van der Waals surface area contributed by atoms with Gasteiger partial charge in [0, 0.05) is 12.6 Å². The largest absolute Gasteiger partial charge is 0.497 e. The highest BCUT2D eigenvalue weighted by atomic mass is 79.9. The molecule has 21 heavy (non-hydrogen) atoms. The number of rotatable bonds is 5. The monoisotopic (exact) mass is 351 g/mol. The number of methoxy groups -OCH3 is 1. The first-order valence-electron chi connectivity index (χ1n) is 6.77. The van der Waals surface area contributed by atoms with E-state index in [0.717, 1.165) is 27.1 Å². The number of amides is 1. The Balaban J connectivity index is 3.02. The van der Waals surface area contributed by atoms with E-state index < -0.39 is 0 Å². The molecule has 4 heteroatoms. The maximum absolute atomic E-state index is 11.9. The molecule has 0 unspecified atom stereocenters. The van der Waals surface area contributed by atoms with Crippen LogP contribution in [0, 0.1) is 0 Å². The van der Waals surface area contributed by atoms with Crippen molar-refractivity contribution in [1.82, 2.24) is 4.90 Å². The second-order valence-corrected chi connectivity index (χ2v) is 6.20. The van der Waals surface area contributed by atoms with Crippen molar-refractivity contribution >= 4 is 21.8 Å². The van der Waals surface area contributed by atoms with Crippen molar-refractivity contribution < 1.29 is 9.53 Å². The smallest absolute Gasteiger partial charge is 0.223 e. The topological polar surface area (TPSA) is 29.5 Å². The first kappa shape index (κ1) is 17.5. The Kier molecular flexibility index (Phi) is 6.69. The van der Waals surface area contributed by atoms with Crippen LogP contribution in [0.4, 0.5) is 0 Å². The van der Waals surface area contributed by atoms with Crippen LogP contribution in [0.1, 0.15) is 33.3 Å². The second kappa shape index (κ2) is 8.03. The SMILES string of the molecule is COc1ccc(CN(C(C)=O)/C(C)=C(C)/C=C(\C)Br)cc1. The van der Waals surface area contributed by atoms with Crippen molar-refractivity contribution in [2.75, 3.05) is 7.11 Å². The van der Waals surface area contributed by atoms with Gasteiger partial charge in [0.25, 0.3) is 0 Å². The molecule has 3 nitrogen and oxygen atoms in total. The predicted octanol–water partition coefficient (Wildman–Crippen LogP) is 4.64. The quantitative estimate of drug-likeness (QED) is 0.723. The van der Waals surface area contributed by atoms with Crippen LogP contribution < -0.4 is 4.74 Å². The number of benzene rings is 1. The Hall–Kier alpha value is -1.55. The molecule has 0 spiro atoms. The predicted molar refractivity (Wildman–Crippen MR) is 90.3 cm³/mol. The summed E-state index contributed by atoms with van der Waals surface area (Å²) in [5.74, 6) is 0.845. The number of carbonyl (C=O) groups is 1.